The van der Waals surface area contributed by atoms with Crippen LogP contribution >= 0.6 is 22.9 Å². The van der Waals surface area contributed by atoms with E-state index < -0.39 is 9.84 Å². The van der Waals surface area contributed by atoms with Crippen molar-refractivity contribution in [3.8, 4) is 0 Å². The maximum absolute atomic E-state index is 13.2. The monoisotopic (exact) mass is 485 g/mol. The number of benzene rings is 2. The summed E-state index contributed by atoms with van der Waals surface area (Å²) in [7, 11) is -3.45. The Morgan fingerprint density at radius 3 is 2.50 bits per heavy atom. The van der Waals surface area contributed by atoms with E-state index in [1.807, 2.05) is 30.3 Å². The topological polar surface area (TPSA) is 80.2 Å². The van der Waals surface area contributed by atoms with E-state index in [1.165, 1.54) is 16.2 Å². The molecule has 4 rings (SSSR count). The van der Waals surface area contributed by atoms with E-state index in [1.54, 1.807) is 42.6 Å². The number of carbonyl (C=O) groups excluding carboxylic acids is 1. The van der Waals surface area contributed by atoms with Gasteiger partial charge in [-0.1, -0.05) is 65.4 Å². The fourth-order valence-electron chi connectivity index (χ4n) is 3.21. The van der Waals surface area contributed by atoms with Gasteiger partial charge in [0.15, 0.2) is 15.0 Å². The summed E-state index contributed by atoms with van der Waals surface area (Å²) in [6.45, 7) is 0.190. The van der Waals surface area contributed by atoms with Crippen LogP contribution in [-0.4, -0.2) is 30.0 Å². The van der Waals surface area contributed by atoms with Crippen LogP contribution in [0.25, 0.3) is 10.2 Å². The average Bonchev–Trinajstić information content (AvgIpc) is 3.22. The third-order valence-corrected chi connectivity index (χ3v) is 7.74. The zero-order chi connectivity index (χ0) is 22.6. The van der Waals surface area contributed by atoms with Crippen LogP contribution in [0.2, 0.25) is 5.02 Å². The van der Waals surface area contributed by atoms with Crippen molar-refractivity contribution in [2.45, 2.75) is 18.7 Å². The van der Waals surface area contributed by atoms with Gasteiger partial charge in [0.1, 0.15) is 5.52 Å². The average molecular weight is 486 g/mol. The van der Waals surface area contributed by atoms with E-state index in [-0.39, 0.29) is 30.4 Å². The van der Waals surface area contributed by atoms with E-state index in [4.69, 9.17) is 11.6 Å². The first kappa shape index (κ1) is 22.4. The highest BCUT2D eigenvalue weighted by molar-refractivity contribution is 7.90. The van der Waals surface area contributed by atoms with E-state index >= 15 is 0 Å². The first-order chi connectivity index (χ1) is 15.4. The molecule has 2 heterocycles. The van der Waals surface area contributed by atoms with Crippen LogP contribution in [0.5, 0.6) is 0 Å². The lowest BCUT2D eigenvalue weighted by atomic mass is 10.2. The highest BCUT2D eigenvalue weighted by atomic mass is 35.5. The quantitative estimate of drug-likeness (QED) is 0.355. The molecule has 0 fully saturated rings. The van der Waals surface area contributed by atoms with Crippen LogP contribution in [0.3, 0.4) is 0 Å². The zero-order valence-corrected chi connectivity index (χ0v) is 19.4. The van der Waals surface area contributed by atoms with Crippen LogP contribution < -0.4 is 4.90 Å². The number of halogens is 1. The molecule has 0 N–H and O–H groups in total. The van der Waals surface area contributed by atoms with Crippen molar-refractivity contribution in [3.63, 3.8) is 0 Å². The fraction of sp³-hybridized carbons (Fsp3) is 0.174. The maximum atomic E-state index is 13.2. The molecule has 6 nitrogen and oxygen atoms in total. The normalized spacial score (nSPS) is 11.5. The minimum Gasteiger partial charge on any atom is -0.282 e. The van der Waals surface area contributed by atoms with Gasteiger partial charge >= 0.3 is 0 Å². The second-order valence-corrected chi connectivity index (χ2v) is 10.8. The van der Waals surface area contributed by atoms with Gasteiger partial charge in [0.2, 0.25) is 5.91 Å². The lowest BCUT2D eigenvalue weighted by molar-refractivity contribution is -0.118. The van der Waals surface area contributed by atoms with Crippen LogP contribution in [0.1, 0.15) is 17.7 Å². The molecule has 2 aromatic carbocycles. The van der Waals surface area contributed by atoms with Gasteiger partial charge in [-0.05, 0) is 29.8 Å². The van der Waals surface area contributed by atoms with E-state index in [0.29, 0.717) is 26.9 Å². The molecule has 2 aromatic heterocycles. The Morgan fingerprint density at radius 1 is 1.00 bits per heavy atom. The number of pyridine rings is 1. The number of thiazole rings is 1. The molecule has 32 heavy (non-hydrogen) atoms. The van der Waals surface area contributed by atoms with Crippen molar-refractivity contribution in [1.82, 2.24) is 9.97 Å². The number of aromatic nitrogens is 2. The van der Waals surface area contributed by atoms with Crippen molar-refractivity contribution in [3.05, 3.63) is 89.2 Å². The Kier molecular flexibility index (Phi) is 6.83. The number of nitrogens with zero attached hydrogens (tertiary/aromatic N) is 3. The summed E-state index contributed by atoms with van der Waals surface area (Å²) in [5.41, 5.74) is 1.99. The van der Waals surface area contributed by atoms with Gasteiger partial charge in [-0.15, -0.1) is 0 Å². The molecule has 0 aliphatic carbocycles. The second kappa shape index (κ2) is 9.77. The predicted octanol–water partition coefficient (Wildman–Crippen LogP) is 4.88. The van der Waals surface area contributed by atoms with E-state index in [2.05, 4.69) is 9.97 Å². The molecule has 0 unspecified atom stereocenters. The predicted molar refractivity (Wildman–Crippen MR) is 129 cm³/mol. The number of rotatable bonds is 8. The van der Waals surface area contributed by atoms with Gasteiger partial charge in [-0.2, -0.15) is 0 Å². The first-order valence-corrected chi connectivity index (χ1v) is 12.9. The molecule has 4 aromatic rings. The smallest absolute Gasteiger partial charge is 0.230 e. The number of hydrogen-bond donors (Lipinski definition) is 0. The number of sulfone groups is 1. The van der Waals surface area contributed by atoms with Crippen molar-refractivity contribution < 1.29 is 13.2 Å². The first-order valence-electron chi connectivity index (χ1n) is 9.91. The van der Waals surface area contributed by atoms with Crippen molar-refractivity contribution >= 4 is 54.0 Å². The molecule has 0 aliphatic heterocycles. The van der Waals surface area contributed by atoms with Gasteiger partial charge in [0.25, 0.3) is 0 Å². The standard InChI is InChI=1S/C23H20ClN3O3S2/c24-19-10-6-11-20-22(19)26-23(31-20)27(15-18-9-4-5-13-25-18)21(28)12-14-32(29,30)16-17-7-2-1-3-8-17/h1-11,13H,12,14-16H2. The molecule has 164 valence electrons. The Balaban J connectivity index is 1.56. The van der Waals surface area contributed by atoms with Crippen molar-refractivity contribution in [2.75, 3.05) is 10.7 Å². The van der Waals surface area contributed by atoms with Gasteiger partial charge in [-0.25, -0.2) is 13.4 Å². The Hall–Kier alpha value is -2.81. The summed E-state index contributed by atoms with van der Waals surface area (Å²) < 4.78 is 26.0. The van der Waals surface area contributed by atoms with Crippen LogP contribution in [0, 0.1) is 0 Å². The lowest BCUT2D eigenvalue weighted by Gasteiger charge is -2.19. The van der Waals surface area contributed by atoms with Gasteiger partial charge in [-0.3, -0.25) is 14.7 Å². The second-order valence-electron chi connectivity index (χ2n) is 7.21. The number of fused-ring (bicyclic) bond motifs is 1. The Morgan fingerprint density at radius 2 is 1.78 bits per heavy atom. The number of para-hydroxylation sites is 1. The minimum absolute atomic E-state index is 0.0991. The fourth-order valence-corrected chi connectivity index (χ4v) is 5.83. The van der Waals surface area contributed by atoms with Crippen LogP contribution in [0.4, 0.5) is 5.13 Å². The van der Waals surface area contributed by atoms with Gasteiger partial charge in [0.05, 0.1) is 33.5 Å². The number of carbonyl (C=O) groups is 1. The third-order valence-electron chi connectivity index (χ3n) is 4.79. The van der Waals surface area contributed by atoms with Crippen molar-refractivity contribution in [2.24, 2.45) is 0 Å². The largest absolute Gasteiger partial charge is 0.282 e. The highest BCUT2D eigenvalue weighted by Crippen LogP contribution is 2.33. The summed E-state index contributed by atoms with van der Waals surface area (Å²) in [6.07, 6.45) is 1.50. The minimum atomic E-state index is -3.45. The van der Waals surface area contributed by atoms with Crippen molar-refractivity contribution in [1.29, 1.82) is 0 Å². The SMILES string of the molecule is O=C(CCS(=O)(=O)Cc1ccccc1)N(Cc1ccccn1)c1nc2c(Cl)cccc2s1. The number of hydrogen-bond acceptors (Lipinski definition) is 6. The molecule has 0 radical (unpaired) electrons. The third kappa shape index (κ3) is 5.51. The summed E-state index contributed by atoms with van der Waals surface area (Å²) in [4.78, 5) is 23.5. The molecule has 0 spiro atoms. The van der Waals surface area contributed by atoms with E-state index in [9.17, 15) is 13.2 Å². The summed E-state index contributed by atoms with van der Waals surface area (Å²) in [5, 5.41) is 0.963. The number of amides is 1. The number of anilines is 1. The lowest BCUT2D eigenvalue weighted by Crippen LogP contribution is -2.32. The molecule has 0 atom stereocenters. The molecule has 0 aliphatic rings. The van der Waals surface area contributed by atoms with Crippen LogP contribution in [-0.2, 0) is 26.9 Å². The molecular formula is C23H20ClN3O3S2. The Labute approximate surface area is 195 Å². The highest BCUT2D eigenvalue weighted by Gasteiger charge is 2.23. The zero-order valence-electron chi connectivity index (χ0n) is 17.0. The maximum Gasteiger partial charge on any atom is 0.230 e. The molecule has 0 saturated carbocycles. The molecule has 0 bridgehead atoms. The molecular weight excluding hydrogens is 466 g/mol. The summed E-state index contributed by atoms with van der Waals surface area (Å²) in [5.74, 6) is -0.675. The summed E-state index contributed by atoms with van der Waals surface area (Å²) >= 11 is 7.60. The molecule has 1 amide bonds. The van der Waals surface area contributed by atoms with Gasteiger partial charge in [0, 0.05) is 12.6 Å². The van der Waals surface area contributed by atoms with Gasteiger partial charge < -0.3 is 0 Å². The Bertz CT molecular complexity index is 1330. The molecule has 0 saturated heterocycles. The molecule has 9 heteroatoms. The summed E-state index contributed by atoms with van der Waals surface area (Å²) in [6, 6.07) is 19.8. The van der Waals surface area contributed by atoms with E-state index in [0.717, 1.165) is 4.70 Å². The van der Waals surface area contributed by atoms with Crippen LogP contribution in [0.15, 0.2) is 72.9 Å².